The van der Waals surface area contributed by atoms with Crippen LogP contribution in [0.4, 0.5) is 0 Å². The minimum atomic E-state index is 0.265. The lowest BCUT2D eigenvalue weighted by atomic mass is 10.00. The van der Waals surface area contributed by atoms with Gasteiger partial charge in [0, 0.05) is 25.8 Å². The van der Waals surface area contributed by atoms with E-state index in [1.165, 1.54) is 11.1 Å². The van der Waals surface area contributed by atoms with Gasteiger partial charge >= 0.3 is 0 Å². The second-order valence-corrected chi connectivity index (χ2v) is 5.78. The van der Waals surface area contributed by atoms with E-state index in [4.69, 9.17) is 5.73 Å². The van der Waals surface area contributed by atoms with Gasteiger partial charge in [0.15, 0.2) is 0 Å². The first kappa shape index (κ1) is 16.6. The van der Waals surface area contributed by atoms with Crippen LogP contribution in [0, 0.1) is 6.92 Å². The van der Waals surface area contributed by atoms with Gasteiger partial charge in [0.05, 0.1) is 11.7 Å². The van der Waals surface area contributed by atoms with Gasteiger partial charge in [-0.2, -0.15) is 0 Å². The molecule has 0 saturated carbocycles. The van der Waals surface area contributed by atoms with E-state index in [2.05, 4.69) is 40.7 Å². The van der Waals surface area contributed by atoms with E-state index in [0.29, 0.717) is 6.54 Å². The maximum absolute atomic E-state index is 5.84. The van der Waals surface area contributed by atoms with Crippen molar-refractivity contribution in [1.29, 1.82) is 0 Å². The minimum Gasteiger partial charge on any atom is -0.329 e. The molecule has 22 heavy (non-hydrogen) atoms. The van der Waals surface area contributed by atoms with Crippen molar-refractivity contribution in [3.63, 3.8) is 0 Å². The van der Waals surface area contributed by atoms with E-state index in [9.17, 15) is 0 Å². The van der Waals surface area contributed by atoms with Gasteiger partial charge in [-0.25, -0.2) is 5.01 Å². The topological polar surface area (TPSA) is 54.2 Å². The van der Waals surface area contributed by atoms with Crippen LogP contribution >= 0.6 is 0 Å². The summed E-state index contributed by atoms with van der Waals surface area (Å²) < 4.78 is 0. The summed E-state index contributed by atoms with van der Waals surface area (Å²) >= 11 is 0. The van der Waals surface area contributed by atoms with E-state index in [-0.39, 0.29) is 6.04 Å². The Morgan fingerprint density at radius 2 is 2.32 bits per heavy atom. The number of pyridine rings is 1. The van der Waals surface area contributed by atoms with Crippen LogP contribution in [-0.2, 0) is 6.42 Å². The number of nitrogens with two attached hydrogens (primary N) is 1. The molecule has 3 N–H and O–H groups in total. The average Bonchev–Trinajstić information content (AvgIpc) is 2.85. The third-order valence-corrected chi connectivity index (χ3v) is 4.10. The van der Waals surface area contributed by atoms with Gasteiger partial charge in [-0.3, -0.25) is 10.4 Å². The molecule has 1 atom stereocenters. The molecule has 0 radical (unpaired) electrons. The van der Waals surface area contributed by atoms with Crippen LogP contribution < -0.4 is 11.2 Å². The second kappa shape index (κ2) is 7.49. The summed E-state index contributed by atoms with van der Waals surface area (Å²) in [5.74, 6) is 0. The fourth-order valence-corrected chi connectivity index (χ4v) is 2.77. The summed E-state index contributed by atoms with van der Waals surface area (Å²) in [6, 6.07) is 4.44. The smallest absolute Gasteiger partial charge is 0.0659 e. The molecule has 4 heteroatoms. The van der Waals surface area contributed by atoms with Gasteiger partial charge in [-0.05, 0) is 43.0 Å². The number of nitrogens with zero attached hydrogens (tertiary/aromatic N) is 2. The minimum absolute atomic E-state index is 0.265. The van der Waals surface area contributed by atoms with Crippen molar-refractivity contribution in [3.8, 4) is 0 Å². The molecule has 2 heterocycles. The predicted octanol–water partition coefficient (Wildman–Crippen LogP) is 2.23. The Balaban J connectivity index is 2.00. The lowest BCUT2D eigenvalue weighted by molar-refractivity contribution is 0.251. The van der Waals surface area contributed by atoms with Crippen LogP contribution in [0.15, 0.2) is 42.5 Å². The summed E-state index contributed by atoms with van der Waals surface area (Å²) in [5.41, 5.74) is 14.8. The predicted molar refractivity (Wildman–Crippen MR) is 93.2 cm³/mol. The average molecular weight is 298 g/mol. The number of aryl methyl sites for hydroxylation is 2. The zero-order valence-electron chi connectivity index (χ0n) is 13.6. The third-order valence-electron chi connectivity index (χ3n) is 4.10. The molecule has 4 nitrogen and oxygen atoms in total. The fourth-order valence-electron chi connectivity index (χ4n) is 2.77. The Morgan fingerprint density at radius 3 is 3.00 bits per heavy atom. The number of hydrazine groups is 1. The lowest BCUT2D eigenvalue weighted by Gasteiger charge is -2.17. The number of hydrogen-bond acceptors (Lipinski definition) is 4. The molecule has 2 rings (SSSR count). The zero-order chi connectivity index (χ0) is 16.1. The van der Waals surface area contributed by atoms with E-state index >= 15 is 0 Å². The number of rotatable bonds is 6. The Bertz CT molecular complexity index is 589. The Morgan fingerprint density at radius 1 is 1.55 bits per heavy atom. The number of hydrogen-bond donors (Lipinski definition) is 2. The molecule has 1 aliphatic heterocycles. The molecule has 1 aromatic heterocycles. The first-order valence-corrected chi connectivity index (χ1v) is 7.68. The van der Waals surface area contributed by atoms with Gasteiger partial charge in [-0.15, -0.1) is 0 Å². The Labute approximate surface area is 133 Å². The van der Waals surface area contributed by atoms with Crippen LogP contribution in [-0.4, -0.2) is 36.2 Å². The van der Waals surface area contributed by atoms with Crippen molar-refractivity contribution < 1.29 is 0 Å². The Kier molecular flexibility index (Phi) is 5.66. The largest absolute Gasteiger partial charge is 0.329 e. The first-order valence-electron chi connectivity index (χ1n) is 7.68. The van der Waals surface area contributed by atoms with Gasteiger partial charge in [0.2, 0.25) is 0 Å². The molecule has 0 amide bonds. The summed E-state index contributed by atoms with van der Waals surface area (Å²) in [5, 5.41) is 2.07. The summed E-state index contributed by atoms with van der Waals surface area (Å²) in [7, 11) is 2.02. The lowest BCUT2D eigenvalue weighted by Crippen LogP contribution is -2.38. The van der Waals surface area contributed by atoms with E-state index < -0.39 is 0 Å². The second-order valence-electron chi connectivity index (χ2n) is 5.78. The van der Waals surface area contributed by atoms with E-state index in [1.54, 1.807) is 0 Å². The van der Waals surface area contributed by atoms with Crippen molar-refractivity contribution in [2.24, 2.45) is 5.73 Å². The van der Waals surface area contributed by atoms with Gasteiger partial charge < -0.3 is 5.73 Å². The first-order chi connectivity index (χ1) is 10.5. The monoisotopic (exact) mass is 298 g/mol. The molecule has 0 spiro atoms. The van der Waals surface area contributed by atoms with Gasteiger partial charge in [0.25, 0.3) is 0 Å². The third kappa shape index (κ3) is 3.91. The van der Waals surface area contributed by atoms with Crippen molar-refractivity contribution >= 4 is 6.08 Å². The number of likely N-dealkylation sites (N-methyl/N-ethyl adjacent to an activating group) is 1. The molecule has 118 valence electrons. The molecular formula is C18H26N4. The standard InChI is InChI=1S/C18H26N4/c1-5-17-15(9-7-14(3)21-17)8-6-13(2)10-16-12-20-22(4)18(16)11-19/h5,7,9-10,18,20H,1-2,6,8,11-12,19H2,3-4H3/b16-10-. The van der Waals surface area contributed by atoms with Crippen LogP contribution in [0.25, 0.3) is 6.08 Å². The Hall–Kier alpha value is -1.75. The normalized spacial score (nSPS) is 20.5. The quantitative estimate of drug-likeness (QED) is 0.845. The number of nitrogens with one attached hydrogen (secondary N) is 1. The number of allylic oxidation sites excluding steroid dienone is 2. The summed E-state index contributed by atoms with van der Waals surface area (Å²) in [6.45, 7) is 11.5. The van der Waals surface area contributed by atoms with Crippen LogP contribution in [0.3, 0.4) is 0 Å². The van der Waals surface area contributed by atoms with Gasteiger partial charge in [-0.1, -0.05) is 30.9 Å². The molecule has 1 aromatic rings. The van der Waals surface area contributed by atoms with Crippen LogP contribution in [0.1, 0.15) is 23.4 Å². The highest BCUT2D eigenvalue weighted by atomic mass is 15.5. The van der Waals surface area contributed by atoms with Crippen LogP contribution in [0.5, 0.6) is 0 Å². The maximum atomic E-state index is 5.84. The summed E-state index contributed by atoms with van der Waals surface area (Å²) in [6.07, 6.45) is 5.84. The zero-order valence-corrected chi connectivity index (χ0v) is 13.6. The number of aromatic nitrogens is 1. The fraction of sp³-hybridized carbons (Fsp3) is 0.389. The molecule has 1 saturated heterocycles. The van der Waals surface area contributed by atoms with Gasteiger partial charge in [0.1, 0.15) is 0 Å². The molecule has 0 bridgehead atoms. The van der Waals surface area contributed by atoms with E-state index in [1.807, 2.05) is 26.1 Å². The molecule has 1 fully saturated rings. The van der Waals surface area contributed by atoms with Crippen LogP contribution in [0.2, 0.25) is 0 Å². The van der Waals surface area contributed by atoms with Crippen molar-refractivity contribution in [2.75, 3.05) is 20.1 Å². The molecule has 1 unspecified atom stereocenters. The molecule has 1 aliphatic rings. The SMILES string of the molecule is C=Cc1nc(C)ccc1CCC(=C)/C=C1/CNN(C)C1CN. The summed E-state index contributed by atoms with van der Waals surface area (Å²) in [4.78, 5) is 4.51. The molecule has 0 aromatic carbocycles. The highest BCUT2D eigenvalue weighted by Crippen LogP contribution is 2.18. The van der Waals surface area contributed by atoms with E-state index in [0.717, 1.165) is 36.3 Å². The highest BCUT2D eigenvalue weighted by Gasteiger charge is 2.24. The highest BCUT2D eigenvalue weighted by molar-refractivity contribution is 5.47. The van der Waals surface area contributed by atoms with Crippen molar-refractivity contribution in [3.05, 3.63) is 59.5 Å². The molecule has 0 aliphatic carbocycles. The van der Waals surface area contributed by atoms with Crippen molar-refractivity contribution in [2.45, 2.75) is 25.8 Å². The van der Waals surface area contributed by atoms with Crippen molar-refractivity contribution in [1.82, 2.24) is 15.4 Å². The molecular weight excluding hydrogens is 272 g/mol. The maximum Gasteiger partial charge on any atom is 0.0659 e.